The number of hydrogen-bond acceptors (Lipinski definition) is 8. The lowest BCUT2D eigenvalue weighted by Crippen LogP contribution is -2.25. The monoisotopic (exact) mass is 510 g/mol. The van der Waals surface area contributed by atoms with Crippen LogP contribution in [0.15, 0.2) is 36.5 Å². The molecular formula is C25H24F2N6O4. The van der Waals surface area contributed by atoms with Crippen molar-refractivity contribution in [3.63, 3.8) is 0 Å². The second kappa shape index (κ2) is 9.97. The second-order valence-electron chi connectivity index (χ2n) is 8.53. The summed E-state index contributed by atoms with van der Waals surface area (Å²) in [5.74, 6) is -2.04. The Kier molecular flexibility index (Phi) is 6.57. The number of carbonyl (C=O) groups is 1. The molecule has 12 heteroatoms. The molecule has 1 saturated heterocycles. The van der Waals surface area contributed by atoms with Crippen molar-refractivity contribution in [2.45, 2.75) is 26.0 Å². The normalized spacial score (nSPS) is 15.2. The number of nitrogens with one attached hydrogen (secondary N) is 1. The van der Waals surface area contributed by atoms with Crippen molar-refractivity contribution in [3.8, 4) is 22.8 Å². The van der Waals surface area contributed by atoms with Gasteiger partial charge in [0, 0.05) is 42.0 Å². The molecule has 192 valence electrons. The van der Waals surface area contributed by atoms with Crippen molar-refractivity contribution < 1.29 is 27.8 Å². The Morgan fingerprint density at radius 3 is 2.86 bits per heavy atom. The SMILES string of the molecule is COc1nc(C)c(-c2ccn3nc(N)nc3c2)cc1C(=O)NCc1cc(F)cc(F)c1O[C@@H]1CCOC1. The van der Waals surface area contributed by atoms with E-state index >= 15 is 0 Å². The number of aromatic nitrogens is 4. The highest BCUT2D eigenvalue weighted by atomic mass is 19.1. The molecule has 0 radical (unpaired) electrons. The van der Waals surface area contributed by atoms with Gasteiger partial charge in [0.1, 0.15) is 17.5 Å². The van der Waals surface area contributed by atoms with Crippen LogP contribution in [0, 0.1) is 18.6 Å². The van der Waals surface area contributed by atoms with Gasteiger partial charge in [-0.2, -0.15) is 4.98 Å². The maximum absolute atomic E-state index is 14.6. The maximum atomic E-state index is 14.6. The van der Waals surface area contributed by atoms with Gasteiger partial charge in [0.05, 0.1) is 20.3 Å². The molecular weight excluding hydrogens is 486 g/mol. The van der Waals surface area contributed by atoms with E-state index in [4.69, 9.17) is 19.9 Å². The number of fused-ring (bicyclic) bond motifs is 1. The smallest absolute Gasteiger partial charge is 0.257 e. The maximum Gasteiger partial charge on any atom is 0.257 e. The molecule has 0 bridgehead atoms. The lowest BCUT2D eigenvalue weighted by Gasteiger charge is -2.17. The van der Waals surface area contributed by atoms with Gasteiger partial charge < -0.3 is 25.3 Å². The highest BCUT2D eigenvalue weighted by Crippen LogP contribution is 2.30. The van der Waals surface area contributed by atoms with Gasteiger partial charge in [-0.05, 0) is 36.8 Å². The Balaban J connectivity index is 1.43. The van der Waals surface area contributed by atoms with Gasteiger partial charge in [0.15, 0.2) is 17.2 Å². The fourth-order valence-corrected chi connectivity index (χ4v) is 4.18. The molecule has 1 aliphatic rings. The van der Waals surface area contributed by atoms with Crippen LogP contribution in [0.3, 0.4) is 0 Å². The Hall–Kier alpha value is -4.32. The number of rotatable bonds is 7. The van der Waals surface area contributed by atoms with E-state index in [9.17, 15) is 13.6 Å². The van der Waals surface area contributed by atoms with E-state index in [1.165, 1.54) is 11.6 Å². The number of methoxy groups -OCH3 is 1. The van der Waals surface area contributed by atoms with Crippen LogP contribution in [0.1, 0.15) is 28.0 Å². The summed E-state index contributed by atoms with van der Waals surface area (Å²) in [6, 6.07) is 7.08. The number of anilines is 1. The highest BCUT2D eigenvalue weighted by molar-refractivity contribution is 5.97. The number of amides is 1. The zero-order valence-electron chi connectivity index (χ0n) is 20.1. The quantitative estimate of drug-likeness (QED) is 0.389. The first-order chi connectivity index (χ1) is 17.8. The second-order valence-corrected chi connectivity index (χ2v) is 8.53. The molecule has 5 rings (SSSR count). The van der Waals surface area contributed by atoms with Crippen molar-refractivity contribution in [2.24, 2.45) is 0 Å². The summed E-state index contributed by atoms with van der Waals surface area (Å²) in [7, 11) is 1.40. The van der Waals surface area contributed by atoms with Crippen LogP contribution in [0.25, 0.3) is 16.8 Å². The number of aryl methyl sites for hydroxylation is 1. The van der Waals surface area contributed by atoms with Gasteiger partial charge in [-0.1, -0.05) is 0 Å². The van der Waals surface area contributed by atoms with E-state index in [1.54, 1.807) is 31.3 Å². The molecule has 3 aromatic heterocycles. The summed E-state index contributed by atoms with van der Waals surface area (Å²) in [6.45, 7) is 2.41. The van der Waals surface area contributed by atoms with Crippen LogP contribution in [0.2, 0.25) is 0 Å². The van der Waals surface area contributed by atoms with Crippen molar-refractivity contribution in [1.29, 1.82) is 0 Å². The van der Waals surface area contributed by atoms with Gasteiger partial charge in [0.2, 0.25) is 11.8 Å². The molecule has 1 aliphatic heterocycles. The van der Waals surface area contributed by atoms with Gasteiger partial charge in [0.25, 0.3) is 5.91 Å². The first kappa shape index (κ1) is 24.4. The first-order valence-corrected chi connectivity index (χ1v) is 11.5. The van der Waals surface area contributed by atoms with Gasteiger partial charge in [-0.25, -0.2) is 18.3 Å². The molecule has 4 heterocycles. The molecule has 3 N–H and O–H groups in total. The minimum absolute atomic E-state index is 0.108. The highest BCUT2D eigenvalue weighted by Gasteiger charge is 2.23. The number of nitrogens with zero attached hydrogens (tertiary/aromatic N) is 4. The summed E-state index contributed by atoms with van der Waals surface area (Å²) >= 11 is 0. The van der Waals surface area contributed by atoms with E-state index in [-0.39, 0.29) is 41.4 Å². The number of carbonyl (C=O) groups excluding carboxylic acids is 1. The number of ether oxygens (including phenoxy) is 3. The zero-order chi connectivity index (χ0) is 26.1. The molecule has 0 spiro atoms. The van der Waals surface area contributed by atoms with E-state index in [2.05, 4.69) is 20.4 Å². The summed E-state index contributed by atoms with van der Waals surface area (Å²) in [5, 5.41) is 6.76. The minimum Gasteiger partial charge on any atom is -0.484 e. The van der Waals surface area contributed by atoms with Crippen LogP contribution in [-0.4, -0.2) is 51.9 Å². The Bertz CT molecular complexity index is 1490. The summed E-state index contributed by atoms with van der Waals surface area (Å²) in [6.07, 6.45) is 1.94. The molecule has 4 aromatic rings. The van der Waals surface area contributed by atoms with Crippen LogP contribution >= 0.6 is 0 Å². The van der Waals surface area contributed by atoms with E-state index in [0.717, 1.165) is 17.7 Å². The fraction of sp³-hybridized carbons (Fsp3) is 0.280. The average molecular weight is 511 g/mol. The predicted molar refractivity (Wildman–Crippen MR) is 129 cm³/mol. The molecule has 0 unspecified atom stereocenters. The van der Waals surface area contributed by atoms with Crippen LogP contribution < -0.4 is 20.5 Å². The Labute approximate surface area is 210 Å². The third-order valence-electron chi connectivity index (χ3n) is 5.98. The molecule has 1 fully saturated rings. The van der Waals surface area contributed by atoms with Crippen LogP contribution in [-0.2, 0) is 11.3 Å². The van der Waals surface area contributed by atoms with Crippen molar-refractivity contribution >= 4 is 17.5 Å². The summed E-state index contributed by atoms with van der Waals surface area (Å²) in [5.41, 5.74) is 8.54. The minimum atomic E-state index is -0.850. The van der Waals surface area contributed by atoms with Crippen molar-refractivity contribution in [2.75, 3.05) is 26.1 Å². The van der Waals surface area contributed by atoms with Gasteiger partial charge >= 0.3 is 0 Å². The number of nitrogen functional groups attached to an aromatic ring is 1. The molecule has 10 nitrogen and oxygen atoms in total. The lowest BCUT2D eigenvalue weighted by atomic mass is 10.0. The largest absolute Gasteiger partial charge is 0.484 e. The standard InChI is InChI=1S/C25H24F2N6O4/c1-13-18(14-3-5-33-21(8-14)31-25(28)32-33)10-19(24(30-13)35-2)23(34)29-11-15-7-16(26)9-20(27)22(15)37-17-4-6-36-12-17/h3,5,7-10,17H,4,6,11-12H2,1-2H3,(H2,28,32)(H,29,34)/t17-/m1/s1. The van der Waals surface area contributed by atoms with Crippen molar-refractivity contribution in [1.82, 2.24) is 24.9 Å². The molecule has 37 heavy (non-hydrogen) atoms. The Morgan fingerprint density at radius 1 is 1.27 bits per heavy atom. The number of nitrogens with two attached hydrogens (primary N) is 1. The van der Waals surface area contributed by atoms with Gasteiger partial charge in [-0.3, -0.25) is 4.79 Å². The molecule has 0 aliphatic carbocycles. The average Bonchev–Trinajstić information content (AvgIpc) is 3.52. The topological polar surface area (TPSA) is 126 Å². The molecule has 1 amide bonds. The Morgan fingerprint density at radius 2 is 2.11 bits per heavy atom. The summed E-state index contributed by atoms with van der Waals surface area (Å²) < 4.78 is 46.4. The first-order valence-electron chi connectivity index (χ1n) is 11.5. The third-order valence-corrected chi connectivity index (χ3v) is 5.98. The fourth-order valence-electron chi connectivity index (χ4n) is 4.18. The molecule has 0 saturated carbocycles. The number of halogens is 2. The number of hydrogen-bond donors (Lipinski definition) is 2. The molecule has 1 aromatic carbocycles. The van der Waals surface area contributed by atoms with Crippen LogP contribution in [0.5, 0.6) is 11.6 Å². The van der Waals surface area contributed by atoms with Crippen molar-refractivity contribution in [3.05, 3.63) is 65.0 Å². The van der Waals surface area contributed by atoms with E-state index < -0.39 is 17.5 Å². The number of benzene rings is 1. The zero-order valence-corrected chi connectivity index (χ0v) is 20.1. The van der Waals surface area contributed by atoms with Gasteiger partial charge in [-0.15, -0.1) is 5.10 Å². The lowest BCUT2D eigenvalue weighted by molar-refractivity contribution is 0.0945. The van der Waals surface area contributed by atoms with E-state index in [1.807, 2.05) is 0 Å². The molecule has 1 atom stereocenters. The third kappa shape index (κ3) is 5.00. The summed E-state index contributed by atoms with van der Waals surface area (Å²) in [4.78, 5) is 21.8. The predicted octanol–water partition coefficient (Wildman–Crippen LogP) is 3.07. The van der Waals surface area contributed by atoms with Crippen LogP contribution in [0.4, 0.5) is 14.7 Å². The van der Waals surface area contributed by atoms with E-state index in [0.29, 0.717) is 36.5 Å². The number of pyridine rings is 2.